The molecule has 61 heavy (non-hydrogen) atoms. The first-order valence-electron chi connectivity index (χ1n) is 20.7. The molecule has 0 aliphatic rings. The van der Waals surface area contributed by atoms with Crippen LogP contribution in [0, 0.1) is 0 Å². The molecule has 0 aliphatic carbocycles. The molecule has 0 saturated carbocycles. The van der Waals surface area contributed by atoms with E-state index in [4.69, 9.17) is 10.1 Å². The Morgan fingerprint density at radius 2 is 0.705 bits per heavy atom. The van der Waals surface area contributed by atoms with Gasteiger partial charge in [0.05, 0.1) is 22.6 Å². The fourth-order valence-corrected chi connectivity index (χ4v) is 8.54. The van der Waals surface area contributed by atoms with Crippen LogP contribution in [0.3, 0.4) is 0 Å². The van der Waals surface area contributed by atoms with Crippen molar-refractivity contribution in [3.63, 3.8) is 0 Å². The molecule has 0 unspecified atom stereocenters. The second kappa shape index (κ2) is 15.6. The van der Waals surface area contributed by atoms with Crippen molar-refractivity contribution < 1.29 is 0 Å². The zero-order chi connectivity index (χ0) is 40.5. The van der Waals surface area contributed by atoms with Crippen molar-refractivity contribution in [2.24, 2.45) is 0 Å². The van der Waals surface area contributed by atoms with E-state index in [0.29, 0.717) is 0 Å². The van der Waals surface area contributed by atoms with E-state index in [1.165, 1.54) is 11.1 Å². The smallest absolute Gasteiger partial charge is 0.101 e. The standard InChI is InChI=1S/C58H39N3/c1-6-16-40(17-7-1)41-30-32-45(33-31-41)54-38-50(37-53(59-54)44-18-8-2-9-19-44)43-28-26-42(27-29-43)49-34-35-52-51(36-49)39-55(46-20-10-3-11-21-46)61-58(52)56(47-22-12-4-13-23-47)57(60-61)48-24-14-5-15-25-48/h1-39H. The molecule has 0 saturated heterocycles. The molecule has 0 N–H and O–H groups in total. The van der Waals surface area contributed by atoms with Crippen LogP contribution in [0.4, 0.5) is 0 Å². The Hall–Kier alpha value is -8.14. The molecule has 0 aliphatic heterocycles. The van der Waals surface area contributed by atoms with Crippen LogP contribution < -0.4 is 0 Å². The van der Waals surface area contributed by atoms with Gasteiger partial charge in [0.25, 0.3) is 0 Å². The summed E-state index contributed by atoms with van der Waals surface area (Å²) in [6.07, 6.45) is 0. The van der Waals surface area contributed by atoms with Gasteiger partial charge in [-0.05, 0) is 68.6 Å². The zero-order valence-corrected chi connectivity index (χ0v) is 33.4. The van der Waals surface area contributed by atoms with E-state index in [1.54, 1.807) is 0 Å². The molecule has 3 heteroatoms. The molecule has 3 heterocycles. The lowest BCUT2D eigenvalue weighted by molar-refractivity contribution is 0.979. The molecule has 286 valence electrons. The van der Waals surface area contributed by atoms with Crippen molar-refractivity contribution in [1.82, 2.24) is 14.6 Å². The van der Waals surface area contributed by atoms with Crippen molar-refractivity contribution in [3.8, 4) is 89.5 Å². The molecule has 8 aromatic carbocycles. The molecule has 0 atom stereocenters. The second-order valence-corrected chi connectivity index (χ2v) is 15.4. The molecule has 0 fully saturated rings. The van der Waals surface area contributed by atoms with Crippen LogP contribution >= 0.6 is 0 Å². The number of benzene rings is 8. The van der Waals surface area contributed by atoms with Gasteiger partial charge in [-0.2, -0.15) is 5.10 Å². The van der Waals surface area contributed by atoms with Crippen LogP contribution in [0.25, 0.3) is 106 Å². The average molecular weight is 778 g/mol. The molecule has 0 amide bonds. The van der Waals surface area contributed by atoms with E-state index in [9.17, 15) is 0 Å². The van der Waals surface area contributed by atoms with Crippen molar-refractivity contribution >= 4 is 16.3 Å². The van der Waals surface area contributed by atoms with Crippen molar-refractivity contribution in [2.45, 2.75) is 0 Å². The average Bonchev–Trinajstić information content (AvgIpc) is 3.76. The summed E-state index contributed by atoms with van der Waals surface area (Å²) in [6.45, 7) is 0. The largest absolute Gasteiger partial charge is 0.248 e. The number of hydrogen-bond acceptors (Lipinski definition) is 2. The Balaban J connectivity index is 1.02. The summed E-state index contributed by atoms with van der Waals surface area (Å²) in [4.78, 5) is 5.18. The van der Waals surface area contributed by atoms with Gasteiger partial charge < -0.3 is 0 Å². The number of fused-ring (bicyclic) bond motifs is 3. The molecule has 0 bridgehead atoms. The maximum atomic E-state index is 5.38. The fourth-order valence-electron chi connectivity index (χ4n) is 8.54. The summed E-state index contributed by atoms with van der Waals surface area (Å²) < 4.78 is 2.15. The third kappa shape index (κ3) is 6.88. The lowest BCUT2D eigenvalue weighted by atomic mass is 9.94. The summed E-state index contributed by atoms with van der Waals surface area (Å²) in [7, 11) is 0. The van der Waals surface area contributed by atoms with Crippen molar-refractivity contribution in [1.29, 1.82) is 0 Å². The van der Waals surface area contributed by atoms with Gasteiger partial charge in [-0.3, -0.25) is 0 Å². The van der Waals surface area contributed by atoms with Gasteiger partial charge >= 0.3 is 0 Å². The van der Waals surface area contributed by atoms with E-state index in [-0.39, 0.29) is 0 Å². The van der Waals surface area contributed by atoms with E-state index in [1.807, 2.05) is 6.07 Å². The summed E-state index contributed by atoms with van der Waals surface area (Å²) in [6, 6.07) is 84.0. The van der Waals surface area contributed by atoms with Crippen LogP contribution in [0.15, 0.2) is 237 Å². The Bertz CT molecular complexity index is 3290. The van der Waals surface area contributed by atoms with E-state index < -0.39 is 0 Å². The first kappa shape index (κ1) is 36.0. The van der Waals surface area contributed by atoms with Crippen LogP contribution in [0.1, 0.15) is 0 Å². The first-order valence-corrected chi connectivity index (χ1v) is 20.7. The highest BCUT2D eigenvalue weighted by Gasteiger charge is 2.22. The van der Waals surface area contributed by atoms with Crippen molar-refractivity contribution in [3.05, 3.63) is 237 Å². The third-order valence-corrected chi connectivity index (χ3v) is 11.6. The number of hydrogen-bond donors (Lipinski definition) is 0. The summed E-state index contributed by atoms with van der Waals surface area (Å²) in [5, 5.41) is 7.70. The quantitative estimate of drug-likeness (QED) is 0.154. The monoisotopic (exact) mass is 777 g/mol. The van der Waals surface area contributed by atoms with Gasteiger partial charge in [0.1, 0.15) is 5.69 Å². The normalized spacial score (nSPS) is 11.3. The van der Waals surface area contributed by atoms with Crippen LogP contribution in [-0.2, 0) is 0 Å². The van der Waals surface area contributed by atoms with Crippen LogP contribution in [0.5, 0.6) is 0 Å². The van der Waals surface area contributed by atoms with E-state index >= 15 is 0 Å². The summed E-state index contributed by atoms with van der Waals surface area (Å²) in [5.74, 6) is 0. The van der Waals surface area contributed by atoms with Gasteiger partial charge in [-0.15, -0.1) is 0 Å². The van der Waals surface area contributed by atoms with Gasteiger partial charge in [-0.25, -0.2) is 9.50 Å². The summed E-state index contributed by atoms with van der Waals surface area (Å²) in [5.41, 5.74) is 18.6. The molecule has 3 aromatic heterocycles. The maximum Gasteiger partial charge on any atom is 0.101 e. The molecule has 11 aromatic rings. The minimum absolute atomic E-state index is 0.945. The topological polar surface area (TPSA) is 30.2 Å². The highest BCUT2D eigenvalue weighted by Crippen LogP contribution is 2.42. The zero-order valence-electron chi connectivity index (χ0n) is 33.4. The lowest BCUT2D eigenvalue weighted by Crippen LogP contribution is -1.96. The van der Waals surface area contributed by atoms with Gasteiger partial charge in [0.15, 0.2) is 0 Å². The van der Waals surface area contributed by atoms with Crippen LogP contribution in [-0.4, -0.2) is 14.6 Å². The van der Waals surface area contributed by atoms with Crippen molar-refractivity contribution in [2.75, 3.05) is 0 Å². The minimum Gasteiger partial charge on any atom is -0.248 e. The SMILES string of the molecule is c1ccc(-c2ccc(-c3cc(-c4ccc(-c5ccc6c(c5)cc(-c5ccccc5)n5nc(-c7ccccc7)c(-c7ccccc7)c65)cc4)cc(-c4ccccc4)n3)cc2)cc1. The van der Waals surface area contributed by atoms with E-state index in [0.717, 1.165) is 94.7 Å². The Morgan fingerprint density at radius 3 is 1.28 bits per heavy atom. The molecule has 11 rings (SSSR count). The highest BCUT2D eigenvalue weighted by atomic mass is 15.2. The molecule has 0 radical (unpaired) electrons. The second-order valence-electron chi connectivity index (χ2n) is 15.4. The van der Waals surface area contributed by atoms with Crippen LogP contribution in [0.2, 0.25) is 0 Å². The molecule has 0 spiro atoms. The molecular weight excluding hydrogens is 739 g/mol. The number of nitrogens with zero attached hydrogens (tertiary/aromatic N) is 3. The van der Waals surface area contributed by atoms with Gasteiger partial charge in [0, 0.05) is 33.2 Å². The lowest BCUT2D eigenvalue weighted by Gasteiger charge is -2.13. The molecule has 3 nitrogen and oxygen atoms in total. The predicted octanol–water partition coefficient (Wildman–Crippen LogP) is 15.2. The first-order chi connectivity index (χ1) is 30.2. The third-order valence-electron chi connectivity index (χ3n) is 11.6. The number of rotatable bonds is 8. The Labute approximate surface area is 355 Å². The Morgan fingerprint density at radius 1 is 0.295 bits per heavy atom. The number of pyridine rings is 2. The predicted molar refractivity (Wildman–Crippen MR) is 254 cm³/mol. The van der Waals surface area contributed by atoms with Gasteiger partial charge in [-0.1, -0.05) is 212 Å². The van der Waals surface area contributed by atoms with E-state index in [2.05, 4.69) is 235 Å². The van der Waals surface area contributed by atoms with Gasteiger partial charge in [0.2, 0.25) is 0 Å². The molecular formula is C58H39N3. The summed E-state index contributed by atoms with van der Waals surface area (Å²) >= 11 is 0. The minimum atomic E-state index is 0.945. The maximum absolute atomic E-state index is 5.38. The number of aromatic nitrogens is 3. The highest BCUT2D eigenvalue weighted by molar-refractivity contribution is 6.09. The fraction of sp³-hybridized carbons (Fsp3) is 0. The Kier molecular flexibility index (Phi) is 9.18.